The fourth-order valence-electron chi connectivity index (χ4n) is 1.47. The summed E-state index contributed by atoms with van der Waals surface area (Å²) in [5.74, 6) is 2.97. The van der Waals surface area contributed by atoms with Crippen molar-refractivity contribution in [2.24, 2.45) is 0 Å². The molecule has 3 rings (SSSR count). The van der Waals surface area contributed by atoms with Gasteiger partial charge >= 0.3 is 100 Å². The molecule has 0 unspecified atom stereocenters. The first-order chi connectivity index (χ1) is 7.93. The molecule has 0 atom stereocenters. The zero-order valence-electron chi connectivity index (χ0n) is 8.34. The van der Waals surface area contributed by atoms with Crippen LogP contribution in [0.4, 0.5) is 0 Å². The average Bonchev–Trinajstić information content (AvgIpc) is 2.29. The van der Waals surface area contributed by atoms with Gasteiger partial charge in [0.05, 0.1) is 0 Å². The number of para-hydroxylation sites is 4. The molecule has 16 heavy (non-hydrogen) atoms. The van der Waals surface area contributed by atoms with Crippen molar-refractivity contribution in [3.8, 4) is 23.0 Å². The molecule has 0 saturated heterocycles. The fraction of sp³-hybridized carbons (Fsp3) is 0. The second kappa shape index (κ2) is 4.11. The normalized spacial score (nSPS) is 13.0. The van der Waals surface area contributed by atoms with Crippen LogP contribution in [0.25, 0.3) is 0 Å². The van der Waals surface area contributed by atoms with Crippen LogP contribution < -0.4 is 12.2 Å². The molecule has 1 aliphatic rings. The van der Waals surface area contributed by atoms with E-state index in [2.05, 4.69) is 0 Å². The fourth-order valence-corrected chi connectivity index (χ4v) is 2.64. The zero-order valence-corrected chi connectivity index (χ0v) is 10.4. The Kier molecular flexibility index (Phi) is 2.47. The van der Waals surface area contributed by atoms with Crippen LogP contribution in [0.3, 0.4) is 0 Å². The van der Waals surface area contributed by atoms with E-state index in [-0.39, 0.29) is 0 Å². The van der Waals surface area contributed by atoms with Crippen molar-refractivity contribution in [3.05, 3.63) is 48.5 Å². The summed E-state index contributed by atoms with van der Waals surface area (Å²) < 4.78 is 16.9. The van der Waals surface area contributed by atoms with Gasteiger partial charge in [-0.1, -0.05) is 0 Å². The van der Waals surface area contributed by atoms with Gasteiger partial charge in [0.15, 0.2) is 0 Å². The van der Waals surface area contributed by atoms with Gasteiger partial charge in [-0.05, 0) is 0 Å². The van der Waals surface area contributed by atoms with Crippen LogP contribution in [0, 0.1) is 0 Å². The van der Waals surface area contributed by atoms with Crippen molar-refractivity contribution in [1.29, 1.82) is 0 Å². The van der Waals surface area contributed by atoms with Crippen LogP contribution in [-0.2, 0) is 0 Å². The second-order valence-electron chi connectivity index (χ2n) is 3.28. The van der Waals surface area contributed by atoms with E-state index in [9.17, 15) is 0 Å². The van der Waals surface area contributed by atoms with E-state index in [1.165, 1.54) is 0 Å². The van der Waals surface area contributed by atoms with Crippen molar-refractivity contribution >= 4 is 16.4 Å². The molecule has 1 heterocycles. The summed E-state index contributed by atoms with van der Waals surface area (Å²) in [7, 11) is 0. The molecule has 80 valence electrons. The Balaban J connectivity index is 2.06. The van der Waals surface area contributed by atoms with Crippen molar-refractivity contribution < 1.29 is 12.2 Å². The van der Waals surface area contributed by atoms with Crippen LogP contribution >= 0.6 is 0 Å². The molecule has 0 amide bonds. The van der Waals surface area contributed by atoms with Gasteiger partial charge in [0, 0.05) is 0 Å². The Morgan fingerprint density at radius 2 is 1.06 bits per heavy atom. The monoisotopic (exact) mass is 276 g/mol. The Morgan fingerprint density at radius 3 is 1.56 bits per heavy atom. The predicted octanol–water partition coefficient (Wildman–Crippen LogP) is 2.52. The summed E-state index contributed by atoms with van der Waals surface area (Å²) in [5, 5.41) is 0. The molecule has 2 aromatic rings. The molecular weight excluding hydrogens is 267 g/mol. The molecule has 0 aromatic heterocycles. The number of rotatable bonds is 0. The summed E-state index contributed by atoms with van der Waals surface area (Å²) in [6.07, 6.45) is 0. The maximum absolute atomic E-state index is 5.75. The van der Waals surface area contributed by atoms with Crippen molar-refractivity contribution in [2.75, 3.05) is 0 Å². The number of fused-ring (bicyclic) bond motifs is 2. The molecule has 1 aliphatic heterocycles. The maximum atomic E-state index is 5.75. The van der Waals surface area contributed by atoms with Gasteiger partial charge in [0.1, 0.15) is 0 Å². The van der Waals surface area contributed by atoms with E-state index in [1.807, 2.05) is 48.5 Å². The van der Waals surface area contributed by atoms with E-state index in [1.54, 1.807) is 0 Å². The van der Waals surface area contributed by atoms with Gasteiger partial charge in [-0.3, -0.25) is 0 Å². The first-order valence-electron chi connectivity index (χ1n) is 4.88. The second-order valence-corrected chi connectivity index (χ2v) is 4.49. The molecule has 0 radical (unpaired) electrons. The minimum absolute atomic E-state index is 0.738. The van der Waals surface area contributed by atoms with Crippen LogP contribution in [0.15, 0.2) is 48.5 Å². The summed E-state index contributed by atoms with van der Waals surface area (Å²) >= 11 is -0.922. The molecule has 3 nitrogen and oxygen atoms in total. The average molecular weight is 276 g/mol. The predicted molar refractivity (Wildman–Crippen MR) is 61.4 cm³/mol. The Labute approximate surface area is 100 Å². The number of benzene rings is 2. The van der Waals surface area contributed by atoms with Crippen molar-refractivity contribution in [2.45, 2.75) is 0 Å². The molecule has 0 saturated carbocycles. The third-order valence-corrected chi connectivity index (χ3v) is 3.49. The van der Waals surface area contributed by atoms with Crippen LogP contribution in [0.2, 0.25) is 0 Å². The summed E-state index contributed by atoms with van der Waals surface area (Å²) in [6, 6.07) is 15.2. The van der Waals surface area contributed by atoms with Crippen molar-refractivity contribution in [3.63, 3.8) is 0 Å². The van der Waals surface area contributed by atoms with Gasteiger partial charge in [0.25, 0.3) is 0 Å². The molecule has 0 fully saturated rings. The Bertz CT molecular complexity index is 468. The number of ether oxygens (including phenoxy) is 1. The summed E-state index contributed by atoms with van der Waals surface area (Å²) in [5.41, 5.74) is 0. The van der Waals surface area contributed by atoms with E-state index in [0.29, 0.717) is 0 Å². The molecule has 0 spiro atoms. The van der Waals surface area contributed by atoms with Gasteiger partial charge in [-0.15, -0.1) is 0 Å². The van der Waals surface area contributed by atoms with Gasteiger partial charge in [-0.2, -0.15) is 0 Å². The quantitative estimate of drug-likeness (QED) is 0.692. The van der Waals surface area contributed by atoms with E-state index < -0.39 is 16.4 Å². The van der Waals surface area contributed by atoms with Gasteiger partial charge in [0.2, 0.25) is 0 Å². The van der Waals surface area contributed by atoms with Crippen LogP contribution in [0.1, 0.15) is 0 Å². The first-order valence-corrected chi connectivity index (χ1v) is 6.59. The summed E-state index contributed by atoms with van der Waals surface area (Å²) in [6.45, 7) is 0. The molecule has 0 aliphatic carbocycles. The van der Waals surface area contributed by atoms with E-state index >= 15 is 0 Å². The first kappa shape index (κ1) is 9.61. The molecule has 2 aromatic carbocycles. The molecule has 0 bridgehead atoms. The molecule has 0 N–H and O–H groups in total. The third-order valence-electron chi connectivity index (χ3n) is 2.22. The third kappa shape index (κ3) is 1.74. The molecule has 4 heteroatoms. The Morgan fingerprint density at radius 1 is 0.625 bits per heavy atom. The molecular formula is C12H9AsO3. The summed E-state index contributed by atoms with van der Waals surface area (Å²) in [4.78, 5) is 0. The number of hydrogen-bond acceptors (Lipinski definition) is 3. The zero-order chi connectivity index (χ0) is 10.8. The minimum atomic E-state index is -0.922. The standard InChI is InChI=1S/C12H9AsO3/c1-3-7-11-9(5-1)14-10-6-2-4-8-12(10)16-13-15-11/h1-8,13H. The van der Waals surface area contributed by atoms with Crippen LogP contribution in [-0.4, -0.2) is 16.4 Å². The topological polar surface area (TPSA) is 27.7 Å². The Hall–Kier alpha value is -1.60. The van der Waals surface area contributed by atoms with E-state index in [4.69, 9.17) is 12.2 Å². The van der Waals surface area contributed by atoms with Gasteiger partial charge in [-0.25, -0.2) is 0 Å². The van der Waals surface area contributed by atoms with Crippen LogP contribution in [0.5, 0.6) is 23.0 Å². The van der Waals surface area contributed by atoms with Crippen molar-refractivity contribution in [1.82, 2.24) is 0 Å². The van der Waals surface area contributed by atoms with E-state index in [0.717, 1.165) is 23.0 Å². The number of hydrogen-bond donors (Lipinski definition) is 0. The van der Waals surface area contributed by atoms with Gasteiger partial charge < -0.3 is 0 Å². The SMILES string of the molecule is c1ccc2c(c1)O[AsH]Oc1ccccc1O2.